The van der Waals surface area contributed by atoms with Crippen LogP contribution in [-0.4, -0.2) is 40.4 Å². The van der Waals surface area contributed by atoms with Crippen LogP contribution in [-0.2, 0) is 4.79 Å². The second kappa shape index (κ2) is 10.3. The lowest BCUT2D eigenvalue weighted by Crippen LogP contribution is -2.23. The quantitative estimate of drug-likeness (QED) is 0.265. The van der Waals surface area contributed by atoms with Crippen molar-refractivity contribution in [2.24, 2.45) is 0 Å². The number of aryl methyl sites for hydroxylation is 1. The first-order valence-electron chi connectivity index (χ1n) is 11.0. The lowest BCUT2D eigenvalue weighted by Gasteiger charge is -2.18. The second-order valence-corrected chi connectivity index (χ2v) is 8.76. The van der Waals surface area contributed by atoms with E-state index in [4.69, 9.17) is 10.8 Å². The highest BCUT2D eigenvalue weighted by atomic mass is 32.1. The summed E-state index contributed by atoms with van der Waals surface area (Å²) in [6, 6.07) is 3.08. The third-order valence-electron chi connectivity index (χ3n) is 5.36. The normalized spacial score (nSPS) is 11.8. The third-order valence-corrected chi connectivity index (χ3v) is 6.30. The van der Waals surface area contributed by atoms with Crippen LogP contribution in [0.2, 0.25) is 0 Å². The van der Waals surface area contributed by atoms with E-state index in [9.17, 15) is 18.4 Å². The van der Waals surface area contributed by atoms with Crippen molar-refractivity contribution in [3.05, 3.63) is 63.3 Å². The number of thiazole rings is 1. The molecule has 5 aromatic rings. The smallest absolute Gasteiger partial charge is 0.303 e. The van der Waals surface area contributed by atoms with Crippen molar-refractivity contribution in [2.75, 3.05) is 11.1 Å². The number of nitrogens with zero attached hydrogens (tertiary/aromatic N) is 5. The van der Waals surface area contributed by atoms with Crippen LogP contribution in [0.4, 0.5) is 20.5 Å². The second-order valence-electron chi connectivity index (χ2n) is 7.92. The molecule has 0 aliphatic rings. The zero-order valence-electron chi connectivity index (χ0n) is 19.9. The molecule has 192 valence electrons. The number of hydrogen-bond acceptors (Lipinski definition) is 9. The molecule has 4 heterocycles. The van der Waals surface area contributed by atoms with Crippen LogP contribution in [0.3, 0.4) is 0 Å². The summed E-state index contributed by atoms with van der Waals surface area (Å²) in [5.41, 5.74) is 6.85. The minimum Gasteiger partial charge on any atom is -0.481 e. The van der Waals surface area contributed by atoms with Crippen LogP contribution in [0.5, 0.6) is 0 Å². The summed E-state index contributed by atoms with van der Waals surface area (Å²) in [5, 5.41) is 12.6. The average molecular weight is 529 g/mol. The van der Waals surface area contributed by atoms with E-state index in [1.54, 1.807) is 26.2 Å². The number of carboxylic acid groups (broad SMARTS) is 1. The van der Waals surface area contributed by atoms with Crippen molar-refractivity contribution >= 4 is 45.2 Å². The molecule has 0 saturated carbocycles. The van der Waals surface area contributed by atoms with Gasteiger partial charge in [0, 0.05) is 23.1 Å². The average Bonchev–Trinajstić information content (AvgIpc) is 3.48. The van der Waals surface area contributed by atoms with Crippen molar-refractivity contribution in [1.29, 1.82) is 0 Å². The molecule has 4 aromatic heterocycles. The van der Waals surface area contributed by atoms with Gasteiger partial charge in [0.2, 0.25) is 5.95 Å². The Morgan fingerprint density at radius 2 is 2.03 bits per heavy atom. The molecule has 11 nitrogen and oxygen atoms in total. The Kier molecular flexibility index (Phi) is 7.11. The Morgan fingerprint density at radius 1 is 1.30 bits per heavy atom. The molecule has 0 fully saturated rings. The number of imidazole rings is 1. The van der Waals surface area contributed by atoms with Gasteiger partial charge in [-0.1, -0.05) is 19.1 Å². The predicted octanol–water partition coefficient (Wildman–Crippen LogP) is 3.91. The van der Waals surface area contributed by atoms with Gasteiger partial charge in [-0.2, -0.15) is 9.97 Å². The molecule has 0 bridgehead atoms. The number of rotatable bonds is 5. The van der Waals surface area contributed by atoms with Gasteiger partial charge in [0.25, 0.3) is 5.56 Å². The molecule has 14 heteroatoms. The lowest BCUT2D eigenvalue weighted by molar-refractivity contribution is -0.136. The number of carboxylic acids is 1. The van der Waals surface area contributed by atoms with E-state index < -0.39 is 29.2 Å². The Labute approximate surface area is 212 Å². The topological polar surface area (TPSA) is 164 Å². The van der Waals surface area contributed by atoms with E-state index in [2.05, 4.69) is 30.2 Å². The van der Waals surface area contributed by atoms with Gasteiger partial charge in [-0.05, 0) is 19.9 Å². The Balaban J connectivity index is 0.000000586. The number of aromatic amines is 1. The molecule has 0 radical (unpaired) electrons. The Morgan fingerprint density at radius 3 is 2.73 bits per heavy atom. The maximum Gasteiger partial charge on any atom is 0.303 e. The molecule has 0 aliphatic heterocycles. The lowest BCUT2D eigenvalue weighted by atomic mass is 10.0. The van der Waals surface area contributed by atoms with Crippen LogP contribution < -0.4 is 16.6 Å². The van der Waals surface area contributed by atoms with E-state index in [1.807, 2.05) is 0 Å². The molecule has 1 unspecified atom stereocenters. The number of aliphatic carboxylic acids is 1. The molecule has 5 N–H and O–H groups in total. The van der Waals surface area contributed by atoms with Gasteiger partial charge in [-0.25, -0.2) is 18.7 Å². The minimum atomic E-state index is -1.12. The summed E-state index contributed by atoms with van der Waals surface area (Å²) in [6.45, 7) is 5.08. The predicted molar refractivity (Wildman–Crippen MR) is 135 cm³/mol. The number of benzene rings is 1. The van der Waals surface area contributed by atoms with Crippen LogP contribution in [0.1, 0.15) is 37.7 Å². The van der Waals surface area contributed by atoms with E-state index in [-0.39, 0.29) is 29.2 Å². The minimum absolute atomic E-state index is 0.00746. The van der Waals surface area contributed by atoms with Gasteiger partial charge in [0.05, 0.1) is 23.6 Å². The summed E-state index contributed by atoms with van der Waals surface area (Å²) in [5.74, 6) is -2.57. The molecule has 0 spiro atoms. The fourth-order valence-corrected chi connectivity index (χ4v) is 4.45. The summed E-state index contributed by atoms with van der Waals surface area (Å²) in [7, 11) is 0. The maximum absolute atomic E-state index is 14.8. The van der Waals surface area contributed by atoms with E-state index in [0.29, 0.717) is 27.6 Å². The number of fused-ring (bicyclic) bond motifs is 2. The molecular weight excluding hydrogens is 506 g/mol. The first kappa shape index (κ1) is 25.6. The van der Waals surface area contributed by atoms with Gasteiger partial charge < -0.3 is 21.1 Å². The van der Waals surface area contributed by atoms with Gasteiger partial charge in [-0.15, -0.1) is 11.3 Å². The number of anilines is 2. The number of aromatic nitrogens is 6. The van der Waals surface area contributed by atoms with Crippen molar-refractivity contribution in [2.45, 2.75) is 33.2 Å². The van der Waals surface area contributed by atoms with Crippen molar-refractivity contribution in [1.82, 2.24) is 29.3 Å². The van der Waals surface area contributed by atoms with Crippen LogP contribution in [0, 0.1) is 18.6 Å². The van der Waals surface area contributed by atoms with Gasteiger partial charge in [0.1, 0.15) is 5.52 Å². The number of H-pyrrole nitrogens is 1. The highest BCUT2D eigenvalue weighted by Crippen LogP contribution is 2.31. The SMILES string of the molecule is CCC(=O)O.Cc1csc2nc(C(C)Nc3nc(N)nc4nc[nH]c34)c(-c3cccc(F)c3F)c(=O)n12. The number of nitrogens with one attached hydrogen (secondary N) is 2. The van der Waals surface area contributed by atoms with Gasteiger partial charge in [0.15, 0.2) is 28.1 Å². The van der Waals surface area contributed by atoms with E-state index in [0.717, 1.165) is 6.07 Å². The number of halogens is 2. The van der Waals surface area contributed by atoms with Crippen molar-refractivity contribution in [3.63, 3.8) is 0 Å². The molecule has 0 amide bonds. The molecule has 5 rings (SSSR count). The highest BCUT2D eigenvalue weighted by Gasteiger charge is 2.25. The molecule has 1 aromatic carbocycles. The zero-order chi connectivity index (χ0) is 26.9. The number of nitrogen functional groups attached to an aromatic ring is 1. The largest absolute Gasteiger partial charge is 0.481 e. The summed E-state index contributed by atoms with van der Waals surface area (Å²) in [4.78, 5) is 43.1. The molecule has 0 saturated heterocycles. The standard InChI is InChI=1S/C20H16F2N8OS.C3H6O2/c1-8-6-32-20-27-14(9(2)26-17-15-16(25-7-24-15)28-19(23)29-17)12(18(31)30(8)20)10-4-3-5-11(21)13(10)22;1-2-3(4)5/h3-7,9H,1-2H3,(H4,23,24,25,26,28,29);2H2,1H3,(H,4,5). The van der Waals surface area contributed by atoms with Crippen LogP contribution in [0.25, 0.3) is 27.3 Å². The van der Waals surface area contributed by atoms with Gasteiger partial charge >= 0.3 is 5.97 Å². The van der Waals surface area contributed by atoms with E-state index in [1.165, 1.54) is 34.2 Å². The van der Waals surface area contributed by atoms with Crippen molar-refractivity contribution in [3.8, 4) is 11.1 Å². The Bertz CT molecular complexity index is 1680. The van der Waals surface area contributed by atoms with E-state index >= 15 is 0 Å². The first-order valence-corrected chi connectivity index (χ1v) is 11.9. The number of carbonyl (C=O) groups is 1. The van der Waals surface area contributed by atoms with Crippen molar-refractivity contribution < 1.29 is 18.7 Å². The fourth-order valence-electron chi connectivity index (χ4n) is 3.59. The van der Waals surface area contributed by atoms with Gasteiger partial charge in [-0.3, -0.25) is 14.0 Å². The third kappa shape index (κ3) is 4.95. The maximum atomic E-state index is 14.8. The number of hydrogen-bond donors (Lipinski definition) is 4. The summed E-state index contributed by atoms with van der Waals surface area (Å²) < 4.78 is 30.2. The highest BCUT2D eigenvalue weighted by molar-refractivity contribution is 7.15. The molecular formula is C23H22F2N8O3S. The first-order chi connectivity index (χ1) is 17.6. The number of nitrogens with two attached hydrogens (primary N) is 1. The summed E-state index contributed by atoms with van der Waals surface area (Å²) >= 11 is 1.28. The molecule has 1 atom stereocenters. The monoisotopic (exact) mass is 528 g/mol. The fraction of sp³-hybridized carbons (Fsp3) is 0.217. The Hall–Kier alpha value is -4.46. The summed E-state index contributed by atoms with van der Waals surface area (Å²) in [6.07, 6.45) is 1.67. The molecule has 37 heavy (non-hydrogen) atoms. The zero-order valence-corrected chi connectivity index (χ0v) is 20.7. The van der Waals surface area contributed by atoms with Crippen LogP contribution >= 0.6 is 11.3 Å². The molecule has 0 aliphatic carbocycles. The van der Waals surface area contributed by atoms with Crippen LogP contribution in [0.15, 0.2) is 34.7 Å².